The first kappa shape index (κ1) is 13.3. The lowest BCUT2D eigenvalue weighted by molar-refractivity contribution is 0.0696. The summed E-state index contributed by atoms with van der Waals surface area (Å²) in [5.41, 5.74) is 1.03. The third kappa shape index (κ3) is 2.14. The highest BCUT2D eigenvalue weighted by molar-refractivity contribution is 7.95. The van der Waals surface area contributed by atoms with Crippen molar-refractivity contribution >= 4 is 21.4 Å². The van der Waals surface area contributed by atoms with Gasteiger partial charge in [0.1, 0.15) is 0 Å². The average Bonchev–Trinajstić information content (AvgIpc) is 2.97. The van der Waals surface area contributed by atoms with Crippen molar-refractivity contribution in [3.63, 3.8) is 0 Å². The topological polar surface area (TPSA) is 74.7 Å². The maximum Gasteiger partial charge on any atom is 0.336 e. The van der Waals surface area contributed by atoms with Crippen LogP contribution in [-0.4, -0.2) is 44.0 Å². The van der Waals surface area contributed by atoms with E-state index in [1.54, 1.807) is 0 Å². The molecule has 1 N–H and O–H groups in total. The molecule has 1 fully saturated rings. The number of sulfone groups is 1. The Morgan fingerprint density at radius 3 is 2.60 bits per heavy atom. The van der Waals surface area contributed by atoms with E-state index in [4.69, 9.17) is 0 Å². The number of carbonyl (C=O) groups is 1. The zero-order chi connectivity index (χ0) is 14.3. The summed E-state index contributed by atoms with van der Waals surface area (Å²) in [5.74, 6) is -1.09. The molecular formula is C14H15NO4S. The first-order valence-electron chi connectivity index (χ1n) is 6.54. The minimum Gasteiger partial charge on any atom is -0.478 e. The molecule has 20 heavy (non-hydrogen) atoms. The molecule has 2 aliphatic heterocycles. The van der Waals surface area contributed by atoms with Gasteiger partial charge in [-0.05, 0) is 43.6 Å². The van der Waals surface area contributed by atoms with E-state index in [1.165, 1.54) is 23.6 Å². The Bertz CT molecular complexity index is 700. The second kappa shape index (κ2) is 4.71. The van der Waals surface area contributed by atoms with Gasteiger partial charge in [0.05, 0.1) is 10.5 Å². The molecule has 3 rings (SSSR count). The van der Waals surface area contributed by atoms with Gasteiger partial charge in [-0.1, -0.05) is 6.07 Å². The second-order valence-corrected chi connectivity index (χ2v) is 6.92. The van der Waals surface area contributed by atoms with E-state index in [0.29, 0.717) is 17.7 Å². The summed E-state index contributed by atoms with van der Waals surface area (Å²) in [6.45, 7) is 2.36. The Labute approximate surface area is 117 Å². The van der Waals surface area contributed by atoms with Gasteiger partial charge in [0, 0.05) is 17.5 Å². The van der Waals surface area contributed by atoms with Gasteiger partial charge in [0.15, 0.2) is 0 Å². The van der Waals surface area contributed by atoms with Crippen LogP contribution in [0.4, 0.5) is 0 Å². The van der Waals surface area contributed by atoms with Crippen molar-refractivity contribution in [1.82, 2.24) is 4.90 Å². The first-order valence-corrected chi connectivity index (χ1v) is 8.08. The summed E-state index contributed by atoms with van der Waals surface area (Å²) in [7, 11) is -3.50. The lowest BCUT2D eigenvalue weighted by Crippen LogP contribution is -2.21. The van der Waals surface area contributed by atoms with Crippen molar-refractivity contribution in [2.24, 2.45) is 0 Å². The molecule has 0 spiro atoms. The highest BCUT2D eigenvalue weighted by Gasteiger charge is 2.32. The number of carboxylic acids is 1. The fourth-order valence-corrected chi connectivity index (χ4v) is 4.37. The van der Waals surface area contributed by atoms with Crippen LogP contribution in [0.1, 0.15) is 28.8 Å². The van der Waals surface area contributed by atoms with E-state index in [1.807, 2.05) is 0 Å². The molecule has 0 unspecified atom stereocenters. The van der Waals surface area contributed by atoms with Crippen LogP contribution in [0.25, 0.3) is 5.57 Å². The van der Waals surface area contributed by atoms with Crippen LogP contribution in [0.5, 0.6) is 0 Å². The van der Waals surface area contributed by atoms with Crippen molar-refractivity contribution in [3.8, 4) is 0 Å². The van der Waals surface area contributed by atoms with Crippen molar-refractivity contribution < 1.29 is 18.3 Å². The summed E-state index contributed by atoms with van der Waals surface area (Å²) < 4.78 is 24.2. The molecule has 0 radical (unpaired) electrons. The van der Waals surface area contributed by atoms with E-state index in [-0.39, 0.29) is 10.5 Å². The Morgan fingerprint density at radius 1 is 1.25 bits per heavy atom. The standard InChI is InChI=1S/C14H15NO4S/c16-14(17)11-4-3-5-12-13(11)10(9-20(12,18)19)8-15-6-1-2-7-15/h3-5,9H,1-2,6-8H2,(H,16,17). The number of carboxylic acid groups (broad SMARTS) is 1. The molecule has 1 aromatic carbocycles. The number of likely N-dealkylation sites (tertiary alicyclic amines) is 1. The number of aromatic carboxylic acids is 1. The summed E-state index contributed by atoms with van der Waals surface area (Å²) in [6, 6.07) is 4.41. The highest BCUT2D eigenvalue weighted by atomic mass is 32.2. The number of rotatable bonds is 3. The van der Waals surface area contributed by atoms with Gasteiger partial charge in [-0.25, -0.2) is 13.2 Å². The number of hydrogen-bond donors (Lipinski definition) is 1. The molecule has 0 amide bonds. The van der Waals surface area contributed by atoms with E-state index in [2.05, 4.69) is 4.90 Å². The zero-order valence-electron chi connectivity index (χ0n) is 10.9. The second-order valence-electron chi connectivity index (χ2n) is 5.16. The average molecular weight is 293 g/mol. The number of hydrogen-bond acceptors (Lipinski definition) is 4. The summed E-state index contributed by atoms with van der Waals surface area (Å²) in [6.07, 6.45) is 2.21. The van der Waals surface area contributed by atoms with Crippen molar-refractivity contribution in [1.29, 1.82) is 0 Å². The zero-order valence-corrected chi connectivity index (χ0v) is 11.7. The quantitative estimate of drug-likeness (QED) is 0.916. The van der Waals surface area contributed by atoms with Crippen LogP contribution in [0.2, 0.25) is 0 Å². The van der Waals surface area contributed by atoms with E-state index < -0.39 is 15.8 Å². The van der Waals surface area contributed by atoms with Crippen molar-refractivity contribution in [2.75, 3.05) is 19.6 Å². The number of nitrogens with zero attached hydrogens (tertiary/aromatic N) is 1. The third-order valence-corrected chi connectivity index (χ3v) is 5.32. The Balaban J connectivity index is 2.08. The maximum atomic E-state index is 12.1. The third-order valence-electron chi connectivity index (χ3n) is 3.77. The van der Waals surface area contributed by atoms with Crippen LogP contribution in [0.3, 0.4) is 0 Å². The molecule has 0 aliphatic carbocycles. The first-order chi connectivity index (χ1) is 9.49. The lowest BCUT2D eigenvalue weighted by atomic mass is 10.0. The van der Waals surface area contributed by atoms with Crippen molar-refractivity contribution in [3.05, 3.63) is 34.7 Å². The molecule has 1 saturated heterocycles. The van der Waals surface area contributed by atoms with E-state index >= 15 is 0 Å². The summed E-state index contributed by atoms with van der Waals surface area (Å²) >= 11 is 0. The van der Waals surface area contributed by atoms with E-state index in [9.17, 15) is 18.3 Å². The maximum absolute atomic E-state index is 12.1. The van der Waals surface area contributed by atoms with Crippen molar-refractivity contribution in [2.45, 2.75) is 17.7 Å². The summed E-state index contributed by atoms with van der Waals surface area (Å²) in [5, 5.41) is 10.5. The smallest absolute Gasteiger partial charge is 0.336 e. The van der Waals surface area contributed by atoms with Gasteiger partial charge >= 0.3 is 5.97 Å². The normalized spacial score (nSPS) is 20.7. The molecular weight excluding hydrogens is 278 g/mol. The van der Waals surface area contributed by atoms with Gasteiger partial charge in [-0.15, -0.1) is 0 Å². The Hall–Kier alpha value is -1.66. The van der Waals surface area contributed by atoms with Gasteiger partial charge < -0.3 is 5.11 Å². The SMILES string of the molecule is O=C(O)c1cccc2c1C(CN1CCCC1)=CS2(=O)=O. The molecule has 6 heteroatoms. The number of benzene rings is 1. The van der Waals surface area contributed by atoms with Crippen LogP contribution < -0.4 is 0 Å². The molecule has 0 bridgehead atoms. The monoisotopic (exact) mass is 293 g/mol. The van der Waals surface area contributed by atoms with Crippen LogP contribution >= 0.6 is 0 Å². The van der Waals surface area contributed by atoms with Gasteiger partial charge in [-0.2, -0.15) is 0 Å². The Kier molecular flexibility index (Phi) is 3.14. The van der Waals surface area contributed by atoms with Crippen LogP contribution in [-0.2, 0) is 9.84 Å². The fraction of sp³-hybridized carbons (Fsp3) is 0.357. The van der Waals surface area contributed by atoms with Gasteiger partial charge in [0.25, 0.3) is 0 Å². The van der Waals surface area contributed by atoms with Gasteiger partial charge in [-0.3, -0.25) is 4.90 Å². The van der Waals surface area contributed by atoms with Crippen LogP contribution in [0.15, 0.2) is 28.5 Å². The molecule has 0 atom stereocenters. The molecule has 0 aromatic heterocycles. The number of fused-ring (bicyclic) bond motifs is 1. The predicted molar refractivity (Wildman–Crippen MR) is 74.2 cm³/mol. The van der Waals surface area contributed by atoms with E-state index in [0.717, 1.165) is 25.9 Å². The molecule has 0 saturated carbocycles. The highest BCUT2D eigenvalue weighted by Crippen LogP contribution is 2.36. The largest absolute Gasteiger partial charge is 0.478 e. The minimum absolute atomic E-state index is 0.0639. The minimum atomic E-state index is -3.50. The Morgan fingerprint density at radius 2 is 1.95 bits per heavy atom. The predicted octanol–water partition coefficient (Wildman–Crippen LogP) is 1.61. The molecule has 106 valence electrons. The molecule has 2 aliphatic rings. The van der Waals surface area contributed by atoms with Crippen LogP contribution in [0, 0.1) is 0 Å². The lowest BCUT2D eigenvalue weighted by Gasteiger charge is -2.16. The molecule has 1 aromatic rings. The fourth-order valence-electron chi connectivity index (χ4n) is 2.89. The summed E-state index contributed by atoms with van der Waals surface area (Å²) in [4.78, 5) is 13.6. The van der Waals surface area contributed by atoms with Gasteiger partial charge in [0.2, 0.25) is 9.84 Å². The molecule has 2 heterocycles. The molecule has 5 nitrogen and oxygen atoms in total.